The van der Waals surface area contributed by atoms with E-state index in [1.807, 2.05) is 6.07 Å². The second-order valence-electron chi connectivity index (χ2n) is 4.66. The van der Waals surface area contributed by atoms with Gasteiger partial charge in [0.2, 0.25) is 5.91 Å². The van der Waals surface area contributed by atoms with Gasteiger partial charge in [-0.15, -0.1) is 6.42 Å². The van der Waals surface area contributed by atoms with Crippen molar-refractivity contribution in [3.8, 4) is 12.3 Å². The lowest BCUT2D eigenvalue weighted by molar-refractivity contribution is -0.131. The summed E-state index contributed by atoms with van der Waals surface area (Å²) in [7, 11) is 0. The number of carboxylic acid groups (broad SMARTS) is 1. The van der Waals surface area contributed by atoms with Crippen molar-refractivity contribution in [2.75, 3.05) is 19.6 Å². The maximum absolute atomic E-state index is 12.0. The highest BCUT2D eigenvalue weighted by Crippen LogP contribution is 2.20. The Morgan fingerprint density at radius 1 is 1.40 bits per heavy atom. The van der Waals surface area contributed by atoms with Crippen LogP contribution in [0.2, 0.25) is 0 Å². The predicted octanol–water partition coefficient (Wildman–Crippen LogP) is 0.492. The van der Waals surface area contributed by atoms with E-state index in [0.29, 0.717) is 19.6 Å². The molecular formula is C15H16N2O3. The Bertz CT molecular complexity index is 575. The van der Waals surface area contributed by atoms with Crippen LogP contribution in [0.3, 0.4) is 0 Å². The van der Waals surface area contributed by atoms with E-state index in [9.17, 15) is 9.59 Å². The molecule has 0 bridgehead atoms. The standard InChI is InChI=1S/C15H16N2O3/c1-2-6-16-9-14(18)17-7-5-11-3-4-12(15(19)20)8-13(11)10-17/h1,3-4,8,16H,5-7,9-10H2,(H,19,20). The van der Waals surface area contributed by atoms with E-state index < -0.39 is 5.97 Å². The highest BCUT2D eigenvalue weighted by Gasteiger charge is 2.21. The highest BCUT2D eigenvalue weighted by molar-refractivity contribution is 5.88. The molecule has 0 radical (unpaired) electrons. The lowest BCUT2D eigenvalue weighted by atomic mass is 9.97. The molecule has 0 unspecified atom stereocenters. The number of hydrogen-bond acceptors (Lipinski definition) is 3. The van der Waals surface area contributed by atoms with Gasteiger partial charge in [-0.3, -0.25) is 10.1 Å². The number of fused-ring (bicyclic) bond motifs is 1. The first-order chi connectivity index (χ1) is 9.61. The summed E-state index contributed by atoms with van der Waals surface area (Å²) in [6.07, 6.45) is 5.85. The van der Waals surface area contributed by atoms with E-state index in [1.54, 1.807) is 17.0 Å². The molecule has 0 spiro atoms. The van der Waals surface area contributed by atoms with Crippen molar-refractivity contribution in [2.24, 2.45) is 0 Å². The Balaban J connectivity index is 2.06. The molecular weight excluding hydrogens is 256 g/mol. The van der Waals surface area contributed by atoms with Crippen LogP contribution in [0, 0.1) is 12.3 Å². The van der Waals surface area contributed by atoms with Crippen molar-refractivity contribution < 1.29 is 14.7 Å². The molecule has 1 amide bonds. The summed E-state index contributed by atoms with van der Waals surface area (Å²) in [5, 5.41) is 11.9. The third-order valence-electron chi connectivity index (χ3n) is 3.32. The number of aromatic carboxylic acids is 1. The van der Waals surface area contributed by atoms with Crippen LogP contribution >= 0.6 is 0 Å². The van der Waals surface area contributed by atoms with Crippen molar-refractivity contribution in [3.63, 3.8) is 0 Å². The summed E-state index contributed by atoms with van der Waals surface area (Å²) in [5.74, 6) is 1.44. The number of carbonyl (C=O) groups excluding carboxylic acids is 1. The van der Waals surface area contributed by atoms with Crippen LogP contribution in [-0.2, 0) is 17.8 Å². The van der Waals surface area contributed by atoms with Crippen LogP contribution < -0.4 is 5.32 Å². The first kappa shape index (κ1) is 14.1. The summed E-state index contributed by atoms with van der Waals surface area (Å²) in [6.45, 7) is 1.67. The summed E-state index contributed by atoms with van der Waals surface area (Å²) >= 11 is 0. The Kier molecular flexibility index (Phi) is 4.38. The zero-order valence-electron chi connectivity index (χ0n) is 11.1. The first-order valence-electron chi connectivity index (χ1n) is 6.39. The van der Waals surface area contributed by atoms with Crippen LogP contribution in [0.5, 0.6) is 0 Å². The fraction of sp³-hybridized carbons (Fsp3) is 0.333. The molecule has 5 heteroatoms. The lowest BCUT2D eigenvalue weighted by Crippen LogP contribution is -2.41. The average molecular weight is 272 g/mol. The number of amides is 1. The van der Waals surface area contributed by atoms with Gasteiger partial charge in [-0.2, -0.15) is 0 Å². The van der Waals surface area contributed by atoms with Gasteiger partial charge < -0.3 is 10.0 Å². The summed E-state index contributed by atoms with van der Waals surface area (Å²) < 4.78 is 0. The molecule has 1 aliphatic rings. The van der Waals surface area contributed by atoms with Gasteiger partial charge in [-0.05, 0) is 29.7 Å². The van der Waals surface area contributed by atoms with Crippen molar-refractivity contribution in [1.29, 1.82) is 0 Å². The molecule has 1 aromatic carbocycles. The molecule has 104 valence electrons. The Morgan fingerprint density at radius 2 is 2.20 bits per heavy atom. The number of terminal acetylenes is 1. The number of carboxylic acids is 1. The molecule has 0 atom stereocenters. The smallest absolute Gasteiger partial charge is 0.335 e. The fourth-order valence-electron chi connectivity index (χ4n) is 2.26. The lowest BCUT2D eigenvalue weighted by Gasteiger charge is -2.29. The molecule has 0 fully saturated rings. The predicted molar refractivity (Wildman–Crippen MR) is 74.2 cm³/mol. The van der Waals surface area contributed by atoms with E-state index in [-0.39, 0.29) is 18.0 Å². The van der Waals surface area contributed by atoms with E-state index in [2.05, 4.69) is 11.2 Å². The largest absolute Gasteiger partial charge is 0.478 e. The molecule has 0 aliphatic carbocycles. The van der Waals surface area contributed by atoms with Crippen LogP contribution in [0.25, 0.3) is 0 Å². The highest BCUT2D eigenvalue weighted by atomic mass is 16.4. The number of nitrogens with zero attached hydrogens (tertiary/aromatic N) is 1. The maximum Gasteiger partial charge on any atom is 0.335 e. The monoisotopic (exact) mass is 272 g/mol. The van der Waals surface area contributed by atoms with Gasteiger partial charge in [0.05, 0.1) is 18.7 Å². The molecule has 1 aromatic rings. The van der Waals surface area contributed by atoms with Gasteiger partial charge in [-0.25, -0.2) is 4.79 Å². The summed E-state index contributed by atoms with van der Waals surface area (Å²) in [4.78, 5) is 24.7. The van der Waals surface area contributed by atoms with Crippen LogP contribution in [0.1, 0.15) is 21.5 Å². The number of carbonyl (C=O) groups is 2. The van der Waals surface area contributed by atoms with Crippen molar-refractivity contribution in [3.05, 3.63) is 34.9 Å². The van der Waals surface area contributed by atoms with E-state index in [4.69, 9.17) is 11.5 Å². The first-order valence-corrected chi connectivity index (χ1v) is 6.39. The van der Waals surface area contributed by atoms with E-state index in [0.717, 1.165) is 17.5 Å². The minimum absolute atomic E-state index is 0.0216. The minimum atomic E-state index is -0.952. The third-order valence-corrected chi connectivity index (χ3v) is 3.32. The molecule has 20 heavy (non-hydrogen) atoms. The minimum Gasteiger partial charge on any atom is -0.478 e. The normalized spacial score (nSPS) is 13.4. The fourth-order valence-corrected chi connectivity index (χ4v) is 2.26. The van der Waals surface area contributed by atoms with Crippen LogP contribution in [0.15, 0.2) is 18.2 Å². The van der Waals surface area contributed by atoms with Gasteiger partial charge in [0.25, 0.3) is 0 Å². The van der Waals surface area contributed by atoms with Gasteiger partial charge in [-0.1, -0.05) is 12.0 Å². The Labute approximate surface area is 117 Å². The second kappa shape index (κ2) is 6.22. The van der Waals surface area contributed by atoms with Gasteiger partial charge in [0, 0.05) is 13.1 Å². The van der Waals surface area contributed by atoms with Crippen molar-refractivity contribution in [1.82, 2.24) is 10.2 Å². The second-order valence-corrected chi connectivity index (χ2v) is 4.66. The van der Waals surface area contributed by atoms with Gasteiger partial charge >= 0.3 is 5.97 Å². The van der Waals surface area contributed by atoms with Crippen molar-refractivity contribution in [2.45, 2.75) is 13.0 Å². The third kappa shape index (κ3) is 3.16. The number of hydrogen-bond donors (Lipinski definition) is 2. The molecule has 1 heterocycles. The summed E-state index contributed by atoms with van der Waals surface area (Å²) in [5.41, 5.74) is 2.26. The van der Waals surface area contributed by atoms with Gasteiger partial charge in [0.1, 0.15) is 0 Å². The maximum atomic E-state index is 12.0. The quantitative estimate of drug-likeness (QED) is 0.618. The van der Waals surface area contributed by atoms with Crippen LogP contribution in [0.4, 0.5) is 0 Å². The molecule has 1 aliphatic heterocycles. The zero-order chi connectivity index (χ0) is 14.5. The van der Waals surface area contributed by atoms with E-state index >= 15 is 0 Å². The van der Waals surface area contributed by atoms with Gasteiger partial charge in [0.15, 0.2) is 0 Å². The molecule has 0 aromatic heterocycles. The molecule has 2 N–H and O–H groups in total. The number of nitrogens with one attached hydrogen (secondary N) is 1. The SMILES string of the molecule is C#CCNCC(=O)N1CCc2ccc(C(=O)O)cc2C1. The molecule has 0 saturated carbocycles. The molecule has 0 saturated heterocycles. The van der Waals surface area contributed by atoms with E-state index in [1.165, 1.54) is 0 Å². The number of rotatable bonds is 4. The zero-order valence-corrected chi connectivity index (χ0v) is 11.1. The number of benzene rings is 1. The summed E-state index contributed by atoms with van der Waals surface area (Å²) in [6, 6.07) is 5.08. The van der Waals surface area contributed by atoms with Crippen molar-refractivity contribution >= 4 is 11.9 Å². The Hall–Kier alpha value is -2.32. The molecule has 5 nitrogen and oxygen atoms in total. The van der Waals surface area contributed by atoms with Crippen LogP contribution in [-0.4, -0.2) is 41.5 Å². The molecule has 2 rings (SSSR count). The Morgan fingerprint density at radius 3 is 2.90 bits per heavy atom. The topological polar surface area (TPSA) is 69.6 Å². The average Bonchev–Trinajstić information content (AvgIpc) is 2.46.